The quantitative estimate of drug-likeness (QED) is 0.341. The number of thiophene rings is 1. The summed E-state index contributed by atoms with van der Waals surface area (Å²) >= 11 is -1.02. The molecule has 0 aromatic carbocycles. The number of aryl methyl sites for hydroxylation is 2. The second-order valence-corrected chi connectivity index (χ2v) is 11.9. The summed E-state index contributed by atoms with van der Waals surface area (Å²) in [6.45, 7) is 13.0. The van der Waals surface area contributed by atoms with Gasteiger partial charge in [-0.25, -0.2) is 8.42 Å². The molecule has 1 unspecified atom stereocenters. The Bertz CT molecular complexity index is 1260. The first-order chi connectivity index (χ1) is 15.3. The Balaban J connectivity index is 1.92. The van der Waals surface area contributed by atoms with Crippen LogP contribution in [0.4, 0.5) is 17.3 Å². The Kier molecular flexibility index (Phi) is 7.07. The van der Waals surface area contributed by atoms with Crippen LogP contribution in [0.2, 0.25) is 0 Å². The molecule has 3 rings (SSSR count). The van der Waals surface area contributed by atoms with Crippen LogP contribution in [-0.4, -0.2) is 38.2 Å². The average molecular weight is 514 g/mol. The van der Waals surface area contributed by atoms with Crippen LogP contribution in [-0.2, 0) is 10.0 Å². The molecule has 180 valence electrons. The van der Waals surface area contributed by atoms with E-state index < -0.39 is 26.9 Å². The molecule has 3 aromatic rings. The van der Waals surface area contributed by atoms with Gasteiger partial charge in [0.05, 0.1) is 11.7 Å². The van der Waals surface area contributed by atoms with Crippen molar-refractivity contribution >= 4 is 49.8 Å². The lowest BCUT2D eigenvalue weighted by Crippen LogP contribution is -2.24. The highest BCUT2D eigenvalue weighted by Crippen LogP contribution is 2.42. The number of anilines is 3. The number of rotatable bonds is 9. The number of sulfonamides is 1. The van der Waals surface area contributed by atoms with E-state index in [4.69, 9.17) is 4.42 Å². The first-order valence-electron chi connectivity index (χ1n) is 9.98. The van der Waals surface area contributed by atoms with Gasteiger partial charge in [0.25, 0.3) is 10.0 Å². The van der Waals surface area contributed by atoms with Crippen molar-refractivity contribution < 1.29 is 22.5 Å². The van der Waals surface area contributed by atoms with Crippen molar-refractivity contribution in [2.24, 2.45) is 5.92 Å². The van der Waals surface area contributed by atoms with E-state index in [1.807, 2.05) is 33.8 Å². The predicted molar refractivity (Wildman–Crippen MR) is 129 cm³/mol. The Morgan fingerprint density at radius 3 is 2.52 bits per heavy atom. The number of nitrogens with zero attached hydrogens (tertiary/aromatic N) is 3. The van der Waals surface area contributed by atoms with Gasteiger partial charge in [-0.05, 0) is 38.3 Å². The maximum Gasteiger partial charge on any atom is 0.277 e. The van der Waals surface area contributed by atoms with E-state index in [2.05, 4.69) is 26.0 Å². The van der Waals surface area contributed by atoms with Gasteiger partial charge < -0.3 is 24.7 Å². The molecular weight excluding hydrogens is 486 g/mol. The third kappa shape index (κ3) is 5.00. The monoisotopic (exact) mass is 513 g/mol. The minimum Gasteiger partial charge on any atom is -0.546 e. The molecular formula is C20H27N5O5S3. The molecule has 0 aliphatic carbocycles. The van der Waals surface area contributed by atoms with Gasteiger partial charge in [0.2, 0.25) is 11.6 Å². The molecule has 0 saturated heterocycles. The number of hydrogen-bond donors (Lipinski definition) is 3. The molecule has 0 spiro atoms. The van der Waals surface area contributed by atoms with Crippen LogP contribution < -0.4 is 10.6 Å². The normalized spacial score (nSPS) is 13.3. The Morgan fingerprint density at radius 2 is 1.97 bits per heavy atom. The van der Waals surface area contributed by atoms with Crippen LogP contribution in [0.1, 0.15) is 43.9 Å². The molecule has 0 bridgehead atoms. The SMILES string of the molecule is C=C(C)N(C)S(=O)(=O)c1scc(Nc2n[s+]([O-])nc2N[C@@H](c2cc(C)c(C)o2)C(C)C)c1O. The first-order valence-corrected chi connectivity index (χ1v) is 13.4. The summed E-state index contributed by atoms with van der Waals surface area (Å²) in [4.78, 5) is 0. The summed E-state index contributed by atoms with van der Waals surface area (Å²) in [5, 5.41) is 18.1. The summed E-state index contributed by atoms with van der Waals surface area (Å²) in [6, 6.07) is 1.65. The molecule has 0 radical (unpaired) electrons. The number of aromatic hydroxyl groups is 1. The van der Waals surface area contributed by atoms with Crippen molar-refractivity contribution in [3.8, 4) is 5.75 Å². The topological polar surface area (TPSA) is 144 Å². The van der Waals surface area contributed by atoms with E-state index in [9.17, 15) is 18.1 Å². The van der Waals surface area contributed by atoms with Gasteiger partial charge in [0, 0.05) is 26.9 Å². The highest BCUT2D eigenvalue weighted by molar-refractivity contribution is 7.91. The van der Waals surface area contributed by atoms with Crippen LogP contribution in [0, 0.1) is 19.8 Å². The average Bonchev–Trinajstić information content (AvgIpc) is 3.37. The van der Waals surface area contributed by atoms with Crippen LogP contribution in [0.5, 0.6) is 5.75 Å². The highest BCUT2D eigenvalue weighted by atomic mass is 32.2. The van der Waals surface area contributed by atoms with E-state index in [1.165, 1.54) is 12.4 Å². The third-order valence-electron chi connectivity index (χ3n) is 5.13. The van der Waals surface area contributed by atoms with Crippen LogP contribution in [0.25, 0.3) is 0 Å². The molecule has 0 fully saturated rings. The lowest BCUT2D eigenvalue weighted by atomic mass is 10.0. The maximum absolute atomic E-state index is 12.7. The minimum atomic E-state index is -3.97. The van der Waals surface area contributed by atoms with Gasteiger partial charge >= 0.3 is 0 Å². The Labute approximate surface area is 200 Å². The summed E-state index contributed by atoms with van der Waals surface area (Å²) in [6.07, 6.45) is 0. The molecule has 0 saturated carbocycles. The van der Waals surface area contributed by atoms with Crippen molar-refractivity contribution in [3.63, 3.8) is 0 Å². The van der Waals surface area contributed by atoms with E-state index >= 15 is 0 Å². The zero-order valence-electron chi connectivity index (χ0n) is 19.2. The Morgan fingerprint density at radius 1 is 1.33 bits per heavy atom. The molecule has 3 aromatic heterocycles. The molecule has 33 heavy (non-hydrogen) atoms. The van der Waals surface area contributed by atoms with Crippen molar-refractivity contribution in [1.82, 2.24) is 13.1 Å². The minimum absolute atomic E-state index is 0.0944. The molecule has 3 heterocycles. The maximum atomic E-state index is 12.7. The van der Waals surface area contributed by atoms with Gasteiger partial charge in [0.15, 0.2) is 21.1 Å². The fourth-order valence-electron chi connectivity index (χ4n) is 2.97. The smallest absolute Gasteiger partial charge is 0.277 e. The molecule has 0 amide bonds. The number of nitrogens with one attached hydrogen (secondary N) is 2. The van der Waals surface area contributed by atoms with Crippen molar-refractivity contribution in [3.05, 3.63) is 40.8 Å². The lowest BCUT2D eigenvalue weighted by Gasteiger charge is -2.20. The predicted octanol–water partition coefficient (Wildman–Crippen LogP) is 4.89. The number of allylic oxidation sites excluding steroid dienone is 1. The van der Waals surface area contributed by atoms with Crippen molar-refractivity contribution in [2.75, 3.05) is 17.7 Å². The fraction of sp³-hybridized carbons (Fsp3) is 0.400. The van der Waals surface area contributed by atoms with Gasteiger partial charge in [-0.1, -0.05) is 20.4 Å². The zero-order valence-corrected chi connectivity index (χ0v) is 21.6. The third-order valence-corrected chi connectivity index (χ3v) is 9.18. The Hall–Kier alpha value is -2.61. The second kappa shape index (κ2) is 9.33. The van der Waals surface area contributed by atoms with Crippen LogP contribution >= 0.6 is 22.5 Å². The molecule has 3 N–H and O–H groups in total. The van der Waals surface area contributed by atoms with E-state index in [0.717, 1.165) is 27.0 Å². The molecule has 10 nitrogen and oxygen atoms in total. The summed E-state index contributed by atoms with van der Waals surface area (Å²) in [5.41, 5.74) is 1.42. The highest BCUT2D eigenvalue weighted by Gasteiger charge is 2.30. The number of furan rings is 1. The largest absolute Gasteiger partial charge is 0.546 e. The number of hydrogen-bond acceptors (Lipinski definition) is 10. The van der Waals surface area contributed by atoms with Gasteiger partial charge in [-0.15, -0.1) is 11.3 Å². The van der Waals surface area contributed by atoms with E-state index in [1.54, 1.807) is 6.92 Å². The van der Waals surface area contributed by atoms with Crippen molar-refractivity contribution in [2.45, 2.75) is 44.9 Å². The van der Waals surface area contributed by atoms with E-state index in [0.29, 0.717) is 11.5 Å². The standard InChI is InChI=1S/C20H27N5O5S3/c1-10(2)16(15-8-12(5)13(6)30-15)22-19-18(23-32(27)24-19)21-14-9-31-20(17(14)26)33(28,29)25(7)11(3)4/h8-10,16,26H,3H2,1-2,4-7H3,(H,21,23)(H,22,24)/t16-,32?/m1/s1. The summed E-state index contributed by atoms with van der Waals surface area (Å²) in [5.74, 6) is 1.46. The molecule has 2 atom stereocenters. The molecule has 0 aliphatic rings. The van der Waals surface area contributed by atoms with Gasteiger partial charge in [0.1, 0.15) is 11.5 Å². The van der Waals surface area contributed by atoms with Gasteiger partial charge in [-0.3, -0.25) is 4.31 Å². The van der Waals surface area contributed by atoms with Crippen LogP contribution in [0.3, 0.4) is 0 Å². The summed E-state index contributed by atoms with van der Waals surface area (Å²) in [7, 11) is -2.62. The molecule has 0 aliphatic heterocycles. The zero-order chi connectivity index (χ0) is 24.7. The fourth-order valence-corrected chi connectivity index (χ4v) is 6.19. The summed E-state index contributed by atoms with van der Waals surface area (Å²) < 4.78 is 52.1. The number of aromatic nitrogens is 2. The first kappa shape index (κ1) is 25.0. The second-order valence-electron chi connectivity index (χ2n) is 7.98. The lowest BCUT2D eigenvalue weighted by molar-refractivity contribution is 0.407. The van der Waals surface area contributed by atoms with Crippen molar-refractivity contribution in [1.29, 1.82) is 0 Å². The van der Waals surface area contributed by atoms with E-state index in [-0.39, 0.29) is 33.5 Å². The van der Waals surface area contributed by atoms with Crippen LogP contribution in [0.15, 0.2) is 32.3 Å². The molecule has 13 heteroatoms. The van der Waals surface area contributed by atoms with Gasteiger partial charge in [-0.2, -0.15) is 0 Å².